The van der Waals surface area contributed by atoms with E-state index in [-0.39, 0.29) is 19.1 Å². The molecule has 1 amide bonds. The van der Waals surface area contributed by atoms with Gasteiger partial charge in [-0.2, -0.15) is 0 Å². The van der Waals surface area contributed by atoms with Crippen LogP contribution in [0.1, 0.15) is 219 Å². The SMILES string of the molecule is CCCCCCCCC/C=C/C/C=C/C/C=C/C/C=C/CCCC(=O)N[C@@H](COP(=O)(O)OCC[N+](C)(C)C)[C@H](O)CCCCCCCCCCCCCCCCCCC. The molecular weight excluding hydrogens is 768 g/mol. The van der Waals surface area contributed by atoms with Gasteiger partial charge in [0.1, 0.15) is 13.2 Å². The number of nitrogens with one attached hydrogen (secondary N) is 1. The Balaban J connectivity index is 4.40. The molecule has 0 rings (SSSR count). The molecule has 9 heteroatoms. The first-order valence-electron chi connectivity index (χ1n) is 25.0. The Labute approximate surface area is 371 Å². The van der Waals surface area contributed by atoms with Crippen LogP contribution in [-0.4, -0.2) is 73.4 Å². The summed E-state index contributed by atoms with van der Waals surface area (Å²) in [5.41, 5.74) is 0. The topological polar surface area (TPSA) is 105 Å². The lowest BCUT2D eigenvalue weighted by Crippen LogP contribution is -2.46. The van der Waals surface area contributed by atoms with Crippen LogP contribution in [0.4, 0.5) is 0 Å². The highest BCUT2D eigenvalue weighted by molar-refractivity contribution is 7.47. The van der Waals surface area contributed by atoms with Crippen molar-refractivity contribution in [2.45, 2.75) is 231 Å². The van der Waals surface area contributed by atoms with E-state index in [0.29, 0.717) is 30.3 Å². The normalized spacial score (nSPS) is 14.6. The number of hydrogen-bond acceptors (Lipinski definition) is 5. The van der Waals surface area contributed by atoms with Gasteiger partial charge in [0, 0.05) is 6.42 Å². The van der Waals surface area contributed by atoms with Gasteiger partial charge in [-0.1, -0.05) is 210 Å². The molecule has 0 aliphatic rings. The Morgan fingerprint density at radius 1 is 0.567 bits per heavy atom. The van der Waals surface area contributed by atoms with Crippen LogP contribution in [0.5, 0.6) is 0 Å². The fourth-order valence-electron chi connectivity index (χ4n) is 7.10. The van der Waals surface area contributed by atoms with Crippen molar-refractivity contribution in [2.75, 3.05) is 40.9 Å². The lowest BCUT2D eigenvalue weighted by atomic mass is 10.0. The van der Waals surface area contributed by atoms with Gasteiger partial charge in [-0.15, -0.1) is 0 Å². The monoisotopic (exact) mass is 866 g/mol. The summed E-state index contributed by atoms with van der Waals surface area (Å²) < 4.78 is 23.7. The molecule has 0 heterocycles. The molecule has 0 fully saturated rings. The van der Waals surface area contributed by atoms with Crippen LogP contribution in [0.15, 0.2) is 48.6 Å². The maximum Gasteiger partial charge on any atom is 0.472 e. The maximum absolute atomic E-state index is 12.9. The van der Waals surface area contributed by atoms with Crippen LogP contribution in [0.3, 0.4) is 0 Å². The zero-order chi connectivity index (χ0) is 44.3. The third-order valence-corrected chi connectivity index (χ3v) is 12.1. The summed E-state index contributed by atoms with van der Waals surface area (Å²) >= 11 is 0. The summed E-state index contributed by atoms with van der Waals surface area (Å²) in [4.78, 5) is 23.2. The smallest absolute Gasteiger partial charge is 0.391 e. The number of carbonyl (C=O) groups is 1. The van der Waals surface area contributed by atoms with E-state index in [1.807, 2.05) is 21.1 Å². The van der Waals surface area contributed by atoms with E-state index in [2.05, 4.69) is 67.8 Å². The Hall–Kier alpha value is -1.54. The van der Waals surface area contributed by atoms with Gasteiger partial charge in [0.05, 0.1) is 39.9 Å². The first kappa shape index (κ1) is 58.5. The van der Waals surface area contributed by atoms with E-state index < -0.39 is 20.0 Å². The van der Waals surface area contributed by atoms with E-state index in [1.54, 1.807) is 0 Å². The molecule has 3 N–H and O–H groups in total. The number of aliphatic hydroxyl groups excluding tert-OH is 1. The number of rotatable bonds is 45. The number of phosphoric acid groups is 1. The number of carbonyl (C=O) groups excluding carboxylic acids is 1. The summed E-state index contributed by atoms with van der Waals surface area (Å²) in [7, 11) is 1.58. The first-order valence-corrected chi connectivity index (χ1v) is 26.5. The van der Waals surface area contributed by atoms with E-state index in [9.17, 15) is 19.4 Å². The van der Waals surface area contributed by atoms with Crippen LogP contribution in [0.2, 0.25) is 0 Å². The van der Waals surface area contributed by atoms with Crippen LogP contribution < -0.4 is 5.32 Å². The number of aliphatic hydroxyl groups is 1. The van der Waals surface area contributed by atoms with Gasteiger partial charge < -0.3 is 19.8 Å². The summed E-state index contributed by atoms with van der Waals surface area (Å²) in [6, 6.07) is -0.790. The first-order chi connectivity index (χ1) is 29.0. The van der Waals surface area contributed by atoms with Crippen molar-refractivity contribution in [3.8, 4) is 0 Å². The number of hydrogen-bond donors (Lipinski definition) is 3. The van der Waals surface area contributed by atoms with Gasteiger partial charge in [-0.05, 0) is 51.4 Å². The molecule has 0 saturated carbocycles. The van der Waals surface area contributed by atoms with Gasteiger partial charge in [0.15, 0.2) is 0 Å². The number of phosphoric ester groups is 1. The highest BCUT2D eigenvalue weighted by Gasteiger charge is 2.28. The summed E-state index contributed by atoms with van der Waals surface area (Å²) in [6.45, 7) is 4.85. The lowest BCUT2D eigenvalue weighted by Gasteiger charge is -2.26. The molecule has 0 aromatic heterocycles. The molecule has 0 bridgehead atoms. The average Bonchev–Trinajstić information content (AvgIpc) is 3.20. The van der Waals surface area contributed by atoms with Crippen molar-refractivity contribution >= 4 is 13.7 Å². The molecule has 8 nitrogen and oxygen atoms in total. The minimum absolute atomic E-state index is 0.0633. The minimum Gasteiger partial charge on any atom is -0.391 e. The Kier molecular flexibility index (Phi) is 41.6. The fourth-order valence-corrected chi connectivity index (χ4v) is 7.83. The number of allylic oxidation sites excluding steroid dienone is 8. The molecule has 1 unspecified atom stereocenters. The van der Waals surface area contributed by atoms with Crippen LogP contribution in [0, 0.1) is 0 Å². The van der Waals surface area contributed by atoms with E-state index in [4.69, 9.17) is 9.05 Å². The molecule has 0 aromatic rings. The van der Waals surface area contributed by atoms with Gasteiger partial charge in [0.25, 0.3) is 0 Å². The summed E-state index contributed by atoms with van der Waals surface area (Å²) in [5, 5.41) is 14.0. The quantitative estimate of drug-likeness (QED) is 0.0244. The molecule has 0 radical (unpaired) electrons. The highest BCUT2D eigenvalue weighted by atomic mass is 31.2. The van der Waals surface area contributed by atoms with Crippen molar-refractivity contribution in [3.63, 3.8) is 0 Å². The fraction of sp³-hybridized carbons (Fsp3) is 0.824. The van der Waals surface area contributed by atoms with Gasteiger partial charge >= 0.3 is 7.82 Å². The summed E-state index contributed by atoms with van der Waals surface area (Å²) in [6.07, 6.45) is 54.4. The van der Waals surface area contributed by atoms with Crippen molar-refractivity contribution in [2.24, 2.45) is 0 Å². The number of unbranched alkanes of at least 4 members (excludes halogenated alkanes) is 24. The van der Waals surface area contributed by atoms with Gasteiger partial charge in [0.2, 0.25) is 5.91 Å². The molecule has 3 atom stereocenters. The molecule has 352 valence electrons. The molecule has 0 aliphatic carbocycles. The second-order valence-corrected chi connectivity index (χ2v) is 19.6. The van der Waals surface area contributed by atoms with Gasteiger partial charge in [-0.3, -0.25) is 13.8 Å². The van der Waals surface area contributed by atoms with Crippen LogP contribution in [0.25, 0.3) is 0 Å². The molecule has 0 spiro atoms. The molecule has 60 heavy (non-hydrogen) atoms. The second kappa shape index (κ2) is 42.7. The van der Waals surface area contributed by atoms with Crippen LogP contribution >= 0.6 is 7.82 Å². The van der Waals surface area contributed by atoms with Gasteiger partial charge in [-0.25, -0.2) is 4.57 Å². The predicted octanol–water partition coefficient (Wildman–Crippen LogP) is 14.4. The molecule has 0 aromatic carbocycles. The number of nitrogens with zero attached hydrogens (tertiary/aromatic N) is 1. The predicted molar refractivity (Wildman–Crippen MR) is 258 cm³/mol. The Morgan fingerprint density at radius 3 is 1.38 bits per heavy atom. The molecule has 0 saturated heterocycles. The van der Waals surface area contributed by atoms with Crippen molar-refractivity contribution in [3.05, 3.63) is 48.6 Å². The standard InChI is InChI=1S/C51H97N2O6P/c1-6-8-10-12-14-16-18-20-22-24-25-26-27-29-31-33-35-37-39-41-43-45-51(55)52-49(48-59-60(56,57)58-47-46-53(3,4)5)50(54)44-42-40-38-36-34-32-30-28-23-21-19-17-15-13-11-9-7-2/h22,24,26-27,31,33,37,39,49-50,54H,6-21,23,25,28-30,32,34-36,38,40-48H2,1-5H3,(H-,52,55,56,57)/p+1/b24-22+,27-26+,33-31+,39-37+/t49-,50+/m0/s1. The number of amides is 1. The minimum atomic E-state index is -4.33. The largest absolute Gasteiger partial charge is 0.472 e. The number of likely N-dealkylation sites (N-methyl/N-ethyl adjacent to an activating group) is 1. The van der Waals surface area contributed by atoms with E-state index >= 15 is 0 Å². The zero-order valence-electron chi connectivity index (χ0n) is 39.9. The zero-order valence-corrected chi connectivity index (χ0v) is 40.8. The van der Waals surface area contributed by atoms with Crippen LogP contribution in [-0.2, 0) is 18.4 Å². The van der Waals surface area contributed by atoms with E-state index in [0.717, 1.165) is 44.9 Å². The molecular formula is C51H98N2O6P+. The van der Waals surface area contributed by atoms with Crippen molar-refractivity contribution in [1.82, 2.24) is 5.32 Å². The Morgan fingerprint density at radius 2 is 0.950 bits per heavy atom. The summed E-state index contributed by atoms with van der Waals surface area (Å²) in [5.74, 6) is -0.198. The Bertz CT molecular complexity index is 1120. The number of quaternary nitrogens is 1. The maximum atomic E-state index is 12.9. The third kappa shape index (κ3) is 44.5. The average molecular weight is 866 g/mol. The van der Waals surface area contributed by atoms with Crippen molar-refractivity contribution in [1.29, 1.82) is 0 Å². The molecule has 0 aliphatic heterocycles. The van der Waals surface area contributed by atoms with E-state index in [1.165, 1.54) is 141 Å². The highest BCUT2D eigenvalue weighted by Crippen LogP contribution is 2.43. The second-order valence-electron chi connectivity index (χ2n) is 18.2. The third-order valence-electron chi connectivity index (χ3n) is 11.1. The lowest BCUT2D eigenvalue weighted by molar-refractivity contribution is -0.870. The van der Waals surface area contributed by atoms with Crippen molar-refractivity contribution < 1.29 is 32.9 Å².